The van der Waals surface area contributed by atoms with E-state index >= 15 is 0 Å². The minimum atomic E-state index is -2.40. The number of benzene rings is 2. The normalized spacial score (nSPS) is 14.4. The van der Waals surface area contributed by atoms with Crippen molar-refractivity contribution in [2.45, 2.75) is 31.7 Å². The zero-order valence-electron chi connectivity index (χ0n) is 18.5. The molecule has 0 aromatic heterocycles. The number of carbonyl (C=O) groups excluding carboxylic acids is 2. The second kappa shape index (κ2) is 9.66. The van der Waals surface area contributed by atoms with E-state index in [4.69, 9.17) is 10.5 Å². The lowest BCUT2D eigenvalue weighted by molar-refractivity contribution is -0.142. The SMILES string of the molecule is COc1ccc(C(=O)C(CSC)C(N)(C(=O)O)C(=O)c2ccc(C(C)(C)C)cc2)cc1. The summed E-state index contributed by atoms with van der Waals surface area (Å²) >= 11 is 1.26. The van der Waals surface area contributed by atoms with Gasteiger partial charge in [0.15, 0.2) is 17.1 Å². The van der Waals surface area contributed by atoms with Gasteiger partial charge in [-0.1, -0.05) is 45.0 Å². The van der Waals surface area contributed by atoms with Gasteiger partial charge in [0.05, 0.1) is 13.0 Å². The molecule has 0 aliphatic carbocycles. The van der Waals surface area contributed by atoms with Crippen molar-refractivity contribution in [1.82, 2.24) is 0 Å². The van der Waals surface area contributed by atoms with Gasteiger partial charge in [-0.25, -0.2) is 4.79 Å². The fraction of sp³-hybridized carbons (Fsp3) is 0.375. The van der Waals surface area contributed by atoms with Gasteiger partial charge in [-0.3, -0.25) is 9.59 Å². The van der Waals surface area contributed by atoms with Gasteiger partial charge in [-0.05, 0) is 41.5 Å². The lowest BCUT2D eigenvalue weighted by atomic mass is 9.75. The number of ketones is 2. The van der Waals surface area contributed by atoms with Crippen LogP contribution in [-0.4, -0.2) is 47.3 Å². The first-order valence-corrected chi connectivity index (χ1v) is 11.2. The van der Waals surface area contributed by atoms with Crippen molar-refractivity contribution in [3.63, 3.8) is 0 Å². The number of carboxylic acids is 1. The van der Waals surface area contributed by atoms with Crippen LogP contribution in [0.1, 0.15) is 47.1 Å². The molecular weight excluding hydrogens is 414 g/mol. The van der Waals surface area contributed by atoms with Crippen molar-refractivity contribution in [3.8, 4) is 5.75 Å². The van der Waals surface area contributed by atoms with Crippen molar-refractivity contribution in [3.05, 3.63) is 65.2 Å². The van der Waals surface area contributed by atoms with Crippen LogP contribution in [0.3, 0.4) is 0 Å². The monoisotopic (exact) mass is 443 g/mol. The van der Waals surface area contributed by atoms with Gasteiger partial charge in [0, 0.05) is 16.9 Å². The van der Waals surface area contributed by atoms with E-state index in [0.717, 1.165) is 5.56 Å². The molecule has 2 aromatic rings. The molecule has 0 saturated heterocycles. The third kappa shape index (κ3) is 5.17. The minimum absolute atomic E-state index is 0.0828. The van der Waals surface area contributed by atoms with Gasteiger partial charge >= 0.3 is 5.97 Å². The molecule has 0 fully saturated rings. The predicted molar refractivity (Wildman–Crippen MR) is 123 cm³/mol. The summed E-state index contributed by atoms with van der Waals surface area (Å²) in [6, 6.07) is 13.0. The number of thioether (sulfide) groups is 1. The maximum Gasteiger partial charge on any atom is 0.332 e. The molecule has 7 heteroatoms. The van der Waals surface area contributed by atoms with Gasteiger partial charge in [-0.2, -0.15) is 11.8 Å². The number of rotatable bonds is 9. The number of carbonyl (C=O) groups is 3. The van der Waals surface area contributed by atoms with Gasteiger partial charge in [0.1, 0.15) is 5.75 Å². The zero-order chi connectivity index (χ0) is 23.4. The molecule has 2 unspecified atom stereocenters. The second-order valence-corrected chi connectivity index (χ2v) is 9.34. The first-order valence-electron chi connectivity index (χ1n) is 9.81. The molecule has 2 aromatic carbocycles. The van der Waals surface area contributed by atoms with E-state index in [9.17, 15) is 19.5 Å². The highest BCUT2D eigenvalue weighted by Crippen LogP contribution is 2.29. The van der Waals surface area contributed by atoms with Crippen LogP contribution in [0, 0.1) is 5.92 Å². The summed E-state index contributed by atoms with van der Waals surface area (Å²) in [6.45, 7) is 6.11. The van der Waals surface area contributed by atoms with Crippen molar-refractivity contribution in [1.29, 1.82) is 0 Å². The maximum absolute atomic E-state index is 13.3. The van der Waals surface area contributed by atoms with E-state index in [2.05, 4.69) is 0 Å². The number of carboxylic acid groups (broad SMARTS) is 1. The molecule has 0 aliphatic heterocycles. The second-order valence-electron chi connectivity index (χ2n) is 8.43. The first kappa shape index (κ1) is 24.6. The van der Waals surface area contributed by atoms with E-state index in [-0.39, 0.29) is 22.3 Å². The Bertz CT molecular complexity index is 947. The Labute approximate surface area is 187 Å². The van der Waals surface area contributed by atoms with E-state index in [0.29, 0.717) is 5.75 Å². The van der Waals surface area contributed by atoms with Crippen molar-refractivity contribution in [2.24, 2.45) is 11.7 Å². The number of Topliss-reactive ketones (excluding diaryl/α,β-unsaturated/α-hetero) is 2. The summed E-state index contributed by atoms with van der Waals surface area (Å²) in [4.78, 5) is 38.9. The summed E-state index contributed by atoms with van der Waals surface area (Å²) in [7, 11) is 1.51. The number of hydrogen-bond acceptors (Lipinski definition) is 6. The number of aliphatic carboxylic acids is 1. The van der Waals surface area contributed by atoms with E-state index in [1.807, 2.05) is 20.8 Å². The van der Waals surface area contributed by atoms with Crippen LogP contribution in [0.2, 0.25) is 0 Å². The molecule has 6 nitrogen and oxygen atoms in total. The third-order valence-electron chi connectivity index (χ3n) is 5.32. The molecule has 0 radical (unpaired) electrons. The fourth-order valence-corrected chi connectivity index (χ4v) is 4.05. The largest absolute Gasteiger partial charge is 0.497 e. The highest BCUT2D eigenvalue weighted by molar-refractivity contribution is 7.98. The molecule has 166 valence electrons. The van der Waals surface area contributed by atoms with Crippen molar-refractivity contribution in [2.75, 3.05) is 19.1 Å². The topological polar surface area (TPSA) is 107 Å². The molecule has 0 amide bonds. The van der Waals surface area contributed by atoms with Gasteiger partial charge in [0.2, 0.25) is 0 Å². The standard InChI is InChI=1S/C24H29NO5S/c1-23(2,3)17-10-6-16(7-11-17)21(27)24(25,22(28)29)19(14-31-5)20(26)15-8-12-18(30-4)13-9-15/h6-13,19H,14,25H2,1-5H3,(H,28,29). The molecule has 0 heterocycles. The van der Waals surface area contributed by atoms with Gasteiger partial charge < -0.3 is 15.6 Å². The van der Waals surface area contributed by atoms with E-state index in [1.54, 1.807) is 54.8 Å². The fourth-order valence-electron chi connectivity index (χ4n) is 3.30. The average Bonchev–Trinajstić information content (AvgIpc) is 2.75. The molecule has 0 saturated carbocycles. The highest BCUT2D eigenvalue weighted by atomic mass is 32.2. The minimum Gasteiger partial charge on any atom is -0.497 e. The van der Waals surface area contributed by atoms with Crippen LogP contribution < -0.4 is 10.5 Å². The Morgan fingerprint density at radius 3 is 1.94 bits per heavy atom. The zero-order valence-corrected chi connectivity index (χ0v) is 19.3. The number of methoxy groups -OCH3 is 1. The Balaban J connectivity index is 2.49. The van der Waals surface area contributed by atoms with Crippen LogP contribution >= 0.6 is 11.8 Å². The van der Waals surface area contributed by atoms with Crippen LogP contribution in [0.5, 0.6) is 5.75 Å². The Morgan fingerprint density at radius 2 is 1.52 bits per heavy atom. The summed E-state index contributed by atoms with van der Waals surface area (Å²) in [5.74, 6) is -3.42. The summed E-state index contributed by atoms with van der Waals surface area (Å²) < 4.78 is 5.10. The highest BCUT2D eigenvalue weighted by Gasteiger charge is 2.52. The Kier molecular flexibility index (Phi) is 7.68. The summed E-state index contributed by atoms with van der Waals surface area (Å²) in [5.41, 5.74) is 5.16. The molecular formula is C24H29NO5S. The lowest BCUT2D eigenvalue weighted by Gasteiger charge is -2.31. The maximum atomic E-state index is 13.3. The molecule has 0 aliphatic rings. The van der Waals surface area contributed by atoms with Crippen molar-refractivity contribution < 1.29 is 24.2 Å². The average molecular weight is 444 g/mol. The van der Waals surface area contributed by atoms with Crippen LogP contribution in [0.4, 0.5) is 0 Å². The molecule has 2 rings (SSSR count). The predicted octanol–water partition coefficient (Wildman–Crippen LogP) is 3.82. The lowest BCUT2D eigenvalue weighted by Crippen LogP contribution is -2.63. The summed E-state index contributed by atoms with van der Waals surface area (Å²) in [5, 5.41) is 10.00. The number of hydrogen-bond donors (Lipinski definition) is 2. The first-order chi connectivity index (χ1) is 14.5. The van der Waals surface area contributed by atoms with Gasteiger partial charge in [-0.15, -0.1) is 0 Å². The molecule has 0 bridgehead atoms. The van der Waals surface area contributed by atoms with Crippen LogP contribution in [0.15, 0.2) is 48.5 Å². The summed E-state index contributed by atoms with van der Waals surface area (Å²) in [6.07, 6.45) is 1.74. The van der Waals surface area contributed by atoms with E-state index < -0.39 is 29.0 Å². The molecule has 3 N–H and O–H groups in total. The quantitative estimate of drug-likeness (QED) is 0.448. The number of ether oxygens (including phenoxy) is 1. The molecule has 31 heavy (non-hydrogen) atoms. The molecule has 2 atom stereocenters. The van der Waals surface area contributed by atoms with E-state index in [1.165, 1.54) is 18.9 Å². The Morgan fingerprint density at radius 1 is 1.00 bits per heavy atom. The van der Waals surface area contributed by atoms with Crippen LogP contribution in [-0.2, 0) is 10.2 Å². The third-order valence-corrected chi connectivity index (χ3v) is 5.98. The number of nitrogens with two attached hydrogens (primary N) is 1. The van der Waals surface area contributed by atoms with Crippen molar-refractivity contribution >= 4 is 29.3 Å². The Hall–Kier alpha value is -2.64. The van der Waals surface area contributed by atoms with Gasteiger partial charge in [0.25, 0.3) is 0 Å². The van der Waals surface area contributed by atoms with Crippen LogP contribution in [0.25, 0.3) is 0 Å². The smallest absolute Gasteiger partial charge is 0.332 e. The molecule has 0 spiro atoms.